The second-order valence-corrected chi connectivity index (χ2v) is 3.68. The highest BCUT2D eigenvalue weighted by molar-refractivity contribution is 6.08. The molecule has 98 valence electrons. The zero-order chi connectivity index (χ0) is 14.5. The number of carbonyl (C=O) groups is 2. The number of nitrogens with one attached hydrogen (secondary N) is 1. The minimum Gasteiger partial charge on any atom is -0.543 e. The van der Waals surface area contributed by atoms with Gasteiger partial charge in [-0.05, 0) is 24.3 Å². The first-order valence-electron chi connectivity index (χ1n) is 5.45. The number of aromatic nitrogens is 2. The first-order chi connectivity index (χ1) is 9.61. The average molecular weight is 267 g/mol. The number of nitriles is 1. The molecular weight excluding hydrogens is 260 g/mol. The second kappa shape index (κ2) is 5.58. The molecule has 1 aromatic heterocycles. The summed E-state index contributed by atoms with van der Waals surface area (Å²) in [5.41, 5.74) is -0.0163. The molecule has 7 nitrogen and oxygen atoms in total. The molecule has 0 aliphatic carbocycles. The Balaban J connectivity index is 2.24. The smallest absolute Gasteiger partial charge is 0.276 e. The number of carbonyl (C=O) groups excluding carboxylic acids is 2. The Morgan fingerprint density at radius 3 is 2.25 bits per heavy atom. The lowest BCUT2D eigenvalue weighted by atomic mass is 10.2. The first-order valence-corrected chi connectivity index (χ1v) is 5.45. The largest absolute Gasteiger partial charge is 0.543 e. The summed E-state index contributed by atoms with van der Waals surface area (Å²) in [6.07, 6.45) is 2.36. The maximum absolute atomic E-state index is 11.9. The van der Waals surface area contributed by atoms with Crippen molar-refractivity contribution in [3.63, 3.8) is 0 Å². The Labute approximate surface area is 113 Å². The third-order valence-corrected chi connectivity index (χ3v) is 2.38. The molecule has 0 bridgehead atoms. The van der Waals surface area contributed by atoms with Crippen LogP contribution in [0.2, 0.25) is 0 Å². The molecule has 0 aliphatic rings. The minimum absolute atomic E-state index is 0.336. The molecule has 1 aromatic carbocycles. The van der Waals surface area contributed by atoms with Crippen LogP contribution in [-0.4, -0.2) is 21.8 Å². The van der Waals surface area contributed by atoms with Crippen LogP contribution in [0.3, 0.4) is 0 Å². The van der Waals surface area contributed by atoms with Crippen LogP contribution >= 0.6 is 0 Å². The van der Waals surface area contributed by atoms with E-state index in [1.54, 1.807) is 0 Å². The van der Waals surface area contributed by atoms with Crippen LogP contribution in [0.15, 0.2) is 36.7 Å². The molecule has 1 N–H and O–H groups in total. The average Bonchev–Trinajstić information content (AvgIpc) is 2.48. The van der Waals surface area contributed by atoms with E-state index in [4.69, 9.17) is 5.26 Å². The molecule has 2 rings (SSSR count). The second-order valence-electron chi connectivity index (χ2n) is 3.68. The lowest BCUT2D eigenvalue weighted by Crippen LogP contribution is -2.28. The van der Waals surface area contributed by atoms with Gasteiger partial charge in [0.2, 0.25) is 0 Å². The van der Waals surface area contributed by atoms with Crippen molar-refractivity contribution in [2.24, 2.45) is 0 Å². The fourth-order valence-electron chi connectivity index (χ4n) is 1.47. The van der Waals surface area contributed by atoms with E-state index < -0.39 is 17.6 Å². The van der Waals surface area contributed by atoms with E-state index in [-0.39, 0.29) is 5.69 Å². The predicted octanol–water partition coefficient (Wildman–Crippen LogP) is -0.0359. The normalized spacial score (nSPS) is 9.55. The molecule has 0 atom stereocenters. The summed E-state index contributed by atoms with van der Waals surface area (Å²) in [5.74, 6) is -2.30. The SMILES string of the molecule is N#Cc1ccc(NC(=O)c2nccnc2C(=O)[O-])cc1. The molecular formula is C13H7N4O3-. The van der Waals surface area contributed by atoms with Gasteiger partial charge in [0.1, 0.15) is 5.69 Å². The van der Waals surface area contributed by atoms with E-state index in [1.807, 2.05) is 6.07 Å². The minimum atomic E-state index is -1.58. The molecule has 1 heterocycles. The molecule has 20 heavy (non-hydrogen) atoms. The van der Waals surface area contributed by atoms with E-state index in [1.165, 1.54) is 30.5 Å². The van der Waals surface area contributed by atoms with Gasteiger partial charge in [0.05, 0.1) is 17.6 Å². The van der Waals surface area contributed by atoms with Crippen molar-refractivity contribution in [2.45, 2.75) is 0 Å². The number of rotatable bonds is 3. The van der Waals surface area contributed by atoms with Gasteiger partial charge in [-0.3, -0.25) is 9.78 Å². The number of anilines is 1. The molecule has 1 amide bonds. The van der Waals surface area contributed by atoms with E-state index in [0.29, 0.717) is 11.3 Å². The van der Waals surface area contributed by atoms with Gasteiger partial charge in [0, 0.05) is 18.1 Å². The lowest BCUT2D eigenvalue weighted by molar-refractivity contribution is -0.255. The summed E-state index contributed by atoms with van der Waals surface area (Å²) in [5, 5.41) is 22.0. The van der Waals surface area contributed by atoms with Gasteiger partial charge >= 0.3 is 0 Å². The fraction of sp³-hybridized carbons (Fsp3) is 0. The highest BCUT2D eigenvalue weighted by Gasteiger charge is 2.14. The topological polar surface area (TPSA) is 119 Å². The van der Waals surface area contributed by atoms with Crippen LogP contribution in [0.5, 0.6) is 0 Å². The van der Waals surface area contributed by atoms with E-state index in [2.05, 4.69) is 15.3 Å². The third kappa shape index (κ3) is 2.76. The molecule has 0 fully saturated rings. The number of hydrogen-bond donors (Lipinski definition) is 1. The first kappa shape index (κ1) is 13.2. The van der Waals surface area contributed by atoms with Crippen molar-refractivity contribution >= 4 is 17.6 Å². The van der Waals surface area contributed by atoms with Gasteiger partial charge in [0.25, 0.3) is 5.91 Å². The third-order valence-electron chi connectivity index (χ3n) is 2.38. The van der Waals surface area contributed by atoms with Crippen LogP contribution < -0.4 is 10.4 Å². The van der Waals surface area contributed by atoms with Crippen molar-refractivity contribution in [1.29, 1.82) is 5.26 Å². The molecule has 7 heteroatoms. The number of aromatic carboxylic acids is 1. The van der Waals surface area contributed by atoms with Crippen molar-refractivity contribution in [3.8, 4) is 6.07 Å². The summed E-state index contributed by atoms with van der Waals surface area (Å²) in [4.78, 5) is 30.0. The Bertz CT molecular complexity index is 704. The number of carboxylic acid groups (broad SMARTS) is 1. The number of hydrogen-bond acceptors (Lipinski definition) is 6. The fourth-order valence-corrected chi connectivity index (χ4v) is 1.47. The Hall–Kier alpha value is -3.27. The highest BCUT2D eigenvalue weighted by Crippen LogP contribution is 2.11. The number of carboxylic acids is 1. The molecule has 2 aromatic rings. The van der Waals surface area contributed by atoms with Gasteiger partial charge in [-0.25, -0.2) is 4.98 Å². The number of benzene rings is 1. The maximum Gasteiger partial charge on any atom is 0.276 e. The van der Waals surface area contributed by atoms with Crippen molar-refractivity contribution in [2.75, 3.05) is 5.32 Å². The van der Waals surface area contributed by atoms with E-state index >= 15 is 0 Å². The monoisotopic (exact) mass is 267 g/mol. The summed E-state index contributed by atoms with van der Waals surface area (Å²) in [7, 11) is 0. The zero-order valence-electron chi connectivity index (χ0n) is 10.0. The summed E-state index contributed by atoms with van der Waals surface area (Å²) >= 11 is 0. The van der Waals surface area contributed by atoms with Gasteiger partial charge < -0.3 is 15.2 Å². The number of amides is 1. The number of nitrogens with zero attached hydrogens (tertiary/aromatic N) is 3. The predicted molar refractivity (Wildman–Crippen MR) is 65.5 cm³/mol. The van der Waals surface area contributed by atoms with Gasteiger partial charge in [-0.15, -0.1) is 0 Å². The highest BCUT2D eigenvalue weighted by atomic mass is 16.4. The van der Waals surface area contributed by atoms with Crippen molar-refractivity contribution in [1.82, 2.24) is 9.97 Å². The van der Waals surface area contributed by atoms with Crippen molar-refractivity contribution in [3.05, 3.63) is 53.6 Å². The molecule has 0 unspecified atom stereocenters. The zero-order valence-corrected chi connectivity index (χ0v) is 10.0. The van der Waals surface area contributed by atoms with Gasteiger partial charge in [-0.2, -0.15) is 5.26 Å². The standard InChI is InChI=1S/C13H8N4O3/c14-7-8-1-3-9(4-2-8)17-12(18)10-11(13(19)20)16-6-5-15-10/h1-6H,(H,17,18)(H,19,20)/p-1. The summed E-state index contributed by atoms with van der Waals surface area (Å²) in [6.45, 7) is 0. The van der Waals surface area contributed by atoms with Crippen LogP contribution in [-0.2, 0) is 0 Å². The Morgan fingerprint density at radius 1 is 1.10 bits per heavy atom. The van der Waals surface area contributed by atoms with E-state index in [9.17, 15) is 14.7 Å². The van der Waals surface area contributed by atoms with Crippen LogP contribution in [0.25, 0.3) is 0 Å². The summed E-state index contributed by atoms with van der Waals surface area (Å²) in [6, 6.07) is 8.02. The molecule has 0 saturated heterocycles. The molecule has 0 aliphatic heterocycles. The van der Waals surface area contributed by atoms with Gasteiger partial charge in [-0.1, -0.05) is 0 Å². The van der Waals surface area contributed by atoms with Crippen LogP contribution in [0.1, 0.15) is 26.5 Å². The van der Waals surface area contributed by atoms with Crippen LogP contribution in [0, 0.1) is 11.3 Å². The summed E-state index contributed by atoms with van der Waals surface area (Å²) < 4.78 is 0. The van der Waals surface area contributed by atoms with E-state index in [0.717, 1.165) is 6.20 Å². The quantitative estimate of drug-likeness (QED) is 0.833. The molecule has 0 spiro atoms. The lowest BCUT2D eigenvalue weighted by Gasteiger charge is -2.08. The van der Waals surface area contributed by atoms with Crippen LogP contribution in [0.4, 0.5) is 5.69 Å². The molecule has 0 radical (unpaired) electrons. The van der Waals surface area contributed by atoms with Crippen molar-refractivity contribution < 1.29 is 14.7 Å². The maximum atomic E-state index is 11.9. The Morgan fingerprint density at radius 2 is 1.70 bits per heavy atom. The molecule has 0 saturated carbocycles. The Kier molecular flexibility index (Phi) is 3.67. The van der Waals surface area contributed by atoms with Gasteiger partial charge in [0.15, 0.2) is 5.69 Å².